The van der Waals surface area contributed by atoms with Gasteiger partial charge in [-0.1, -0.05) is 6.07 Å². The summed E-state index contributed by atoms with van der Waals surface area (Å²) in [4.78, 5) is 6.88. The minimum absolute atomic E-state index is 0.420. The summed E-state index contributed by atoms with van der Waals surface area (Å²) in [5.74, 6) is 0. The Labute approximate surface area is 127 Å². The van der Waals surface area contributed by atoms with Crippen LogP contribution in [0.4, 0.5) is 0 Å². The third-order valence-corrected chi connectivity index (χ3v) is 5.66. The van der Waals surface area contributed by atoms with E-state index in [0.717, 1.165) is 31.7 Å². The van der Waals surface area contributed by atoms with Crippen molar-refractivity contribution >= 4 is 7.60 Å². The average Bonchev–Trinajstić information content (AvgIpc) is 2.46. The van der Waals surface area contributed by atoms with Crippen LogP contribution in [0.25, 0.3) is 0 Å². The summed E-state index contributed by atoms with van der Waals surface area (Å²) in [7, 11) is -2.94. The zero-order valence-corrected chi connectivity index (χ0v) is 14.1. The first-order valence-corrected chi connectivity index (χ1v) is 9.35. The van der Waals surface area contributed by atoms with Crippen molar-refractivity contribution in [1.82, 2.24) is 9.88 Å². The predicted octanol–water partition coefficient (Wildman–Crippen LogP) is 3.01. The van der Waals surface area contributed by atoms with Crippen LogP contribution in [0, 0.1) is 6.92 Å². The van der Waals surface area contributed by atoms with Crippen molar-refractivity contribution in [2.75, 3.05) is 32.5 Å². The second-order valence-electron chi connectivity index (χ2n) is 5.25. The molecule has 0 N–H and O–H groups in total. The fourth-order valence-corrected chi connectivity index (χ4v) is 4.25. The van der Waals surface area contributed by atoms with E-state index >= 15 is 0 Å². The Morgan fingerprint density at radius 3 is 2.67 bits per heavy atom. The van der Waals surface area contributed by atoms with Crippen LogP contribution in [0.15, 0.2) is 12.1 Å². The molecule has 0 unspecified atom stereocenters. The Bertz CT molecular complexity index is 512. The SMILES string of the molecule is CCOP(=O)(CCN1CCc2nc(C)ccc2C1)OCC. The van der Waals surface area contributed by atoms with Crippen molar-refractivity contribution in [3.8, 4) is 0 Å². The Morgan fingerprint density at radius 1 is 1.29 bits per heavy atom. The normalized spacial score (nSPS) is 16.0. The summed E-state index contributed by atoms with van der Waals surface area (Å²) in [6, 6.07) is 4.20. The van der Waals surface area contributed by atoms with Crippen LogP contribution in [0.5, 0.6) is 0 Å². The van der Waals surface area contributed by atoms with Crippen LogP contribution in [-0.4, -0.2) is 42.3 Å². The summed E-state index contributed by atoms with van der Waals surface area (Å²) in [5.41, 5.74) is 3.54. The molecule has 0 fully saturated rings. The van der Waals surface area contributed by atoms with E-state index in [1.807, 2.05) is 26.8 Å². The molecule has 0 bridgehead atoms. The first-order valence-electron chi connectivity index (χ1n) is 7.62. The molecule has 2 rings (SSSR count). The van der Waals surface area contributed by atoms with E-state index in [0.29, 0.717) is 19.4 Å². The molecule has 0 saturated carbocycles. The summed E-state index contributed by atoms with van der Waals surface area (Å²) >= 11 is 0. The number of aryl methyl sites for hydroxylation is 1. The highest BCUT2D eigenvalue weighted by Gasteiger charge is 2.26. The molecule has 118 valence electrons. The minimum Gasteiger partial charge on any atom is -0.309 e. The lowest BCUT2D eigenvalue weighted by Gasteiger charge is -2.29. The third-order valence-electron chi connectivity index (χ3n) is 3.61. The van der Waals surface area contributed by atoms with Gasteiger partial charge >= 0.3 is 7.60 Å². The lowest BCUT2D eigenvalue weighted by molar-refractivity contribution is 0.208. The molecule has 0 spiro atoms. The van der Waals surface area contributed by atoms with Crippen molar-refractivity contribution in [3.63, 3.8) is 0 Å². The Kier molecular flexibility index (Phi) is 5.94. The van der Waals surface area contributed by atoms with E-state index < -0.39 is 7.60 Å². The molecule has 0 amide bonds. The maximum Gasteiger partial charge on any atom is 0.331 e. The van der Waals surface area contributed by atoms with Gasteiger partial charge in [-0.25, -0.2) is 0 Å². The summed E-state index contributed by atoms with van der Waals surface area (Å²) in [5, 5.41) is 0. The lowest BCUT2D eigenvalue weighted by Crippen LogP contribution is -2.33. The standard InChI is InChI=1S/C15H25N2O3P/c1-4-19-21(18,20-5-2)11-10-17-9-8-15-14(12-17)7-6-13(3)16-15/h6-7H,4-5,8-12H2,1-3H3. The topological polar surface area (TPSA) is 51.7 Å². The lowest BCUT2D eigenvalue weighted by atomic mass is 10.1. The van der Waals surface area contributed by atoms with Crippen molar-refractivity contribution in [2.45, 2.75) is 33.7 Å². The molecule has 0 atom stereocenters. The first-order chi connectivity index (χ1) is 10.1. The molecule has 0 aliphatic carbocycles. The molecule has 0 radical (unpaired) electrons. The second kappa shape index (κ2) is 7.50. The molecular formula is C15H25N2O3P. The maximum atomic E-state index is 12.5. The molecule has 0 saturated heterocycles. The zero-order valence-electron chi connectivity index (χ0n) is 13.2. The van der Waals surface area contributed by atoms with Crippen LogP contribution < -0.4 is 0 Å². The van der Waals surface area contributed by atoms with Gasteiger partial charge in [0.05, 0.1) is 19.4 Å². The largest absolute Gasteiger partial charge is 0.331 e. The summed E-state index contributed by atoms with van der Waals surface area (Å²) < 4.78 is 23.1. The second-order valence-corrected chi connectivity index (χ2v) is 7.44. The van der Waals surface area contributed by atoms with Gasteiger partial charge in [0.15, 0.2) is 0 Å². The number of hydrogen-bond acceptors (Lipinski definition) is 5. The third kappa shape index (κ3) is 4.62. The number of aromatic nitrogens is 1. The first kappa shape index (κ1) is 16.6. The molecule has 1 aliphatic rings. The van der Waals surface area contributed by atoms with E-state index in [1.165, 1.54) is 11.3 Å². The number of rotatable bonds is 7. The van der Waals surface area contributed by atoms with Gasteiger partial charge in [-0.15, -0.1) is 0 Å². The predicted molar refractivity (Wildman–Crippen MR) is 83.7 cm³/mol. The van der Waals surface area contributed by atoms with Gasteiger partial charge in [0.25, 0.3) is 0 Å². The van der Waals surface area contributed by atoms with Gasteiger partial charge in [0.1, 0.15) is 0 Å². The Hall–Kier alpha value is -0.740. The van der Waals surface area contributed by atoms with Crippen LogP contribution >= 0.6 is 7.60 Å². The van der Waals surface area contributed by atoms with E-state index in [9.17, 15) is 4.57 Å². The van der Waals surface area contributed by atoms with Gasteiger partial charge in [0.2, 0.25) is 0 Å². The monoisotopic (exact) mass is 312 g/mol. The smallest absolute Gasteiger partial charge is 0.309 e. The van der Waals surface area contributed by atoms with Crippen LogP contribution in [0.3, 0.4) is 0 Å². The minimum atomic E-state index is -2.94. The zero-order chi connectivity index (χ0) is 15.3. The van der Waals surface area contributed by atoms with E-state index in [2.05, 4.69) is 16.0 Å². The Balaban J connectivity index is 1.93. The molecule has 6 heteroatoms. The highest BCUT2D eigenvalue weighted by molar-refractivity contribution is 7.53. The average molecular weight is 312 g/mol. The van der Waals surface area contributed by atoms with Crippen LogP contribution in [0.2, 0.25) is 0 Å². The number of pyridine rings is 1. The van der Waals surface area contributed by atoms with Gasteiger partial charge in [-0.2, -0.15) is 0 Å². The van der Waals surface area contributed by atoms with Gasteiger partial charge in [-0.3, -0.25) is 14.4 Å². The van der Waals surface area contributed by atoms with Gasteiger partial charge in [0, 0.05) is 37.4 Å². The van der Waals surface area contributed by atoms with E-state index in [-0.39, 0.29) is 0 Å². The number of fused-ring (bicyclic) bond motifs is 1. The molecule has 0 aromatic carbocycles. The fourth-order valence-electron chi connectivity index (χ4n) is 2.60. The van der Waals surface area contributed by atoms with Crippen molar-refractivity contribution < 1.29 is 13.6 Å². The highest BCUT2D eigenvalue weighted by atomic mass is 31.2. The molecule has 2 heterocycles. The van der Waals surface area contributed by atoms with Gasteiger partial charge < -0.3 is 9.05 Å². The van der Waals surface area contributed by atoms with Gasteiger partial charge in [-0.05, 0) is 32.4 Å². The molecule has 1 aliphatic heterocycles. The number of nitrogens with zero attached hydrogens (tertiary/aromatic N) is 2. The molecular weight excluding hydrogens is 287 g/mol. The Morgan fingerprint density at radius 2 is 2.00 bits per heavy atom. The maximum absolute atomic E-state index is 12.5. The molecule has 21 heavy (non-hydrogen) atoms. The quantitative estimate of drug-likeness (QED) is 0.724. The van der Waals surface area contributed by atoms with Crippen molar-refractivity contribution in [2.24, 2.45) is 0 Å². The molecule has 5 nitrogen and oxygen atoms in total. The fraction of sp³-hybridized carbons (Fsp3) is 0.667. The van der Waals surface area contributed by atoms with E-state index in [4.69, 9.17) is 9.05 Å². The summed E-state index contributed by atoms with van der Waals surface area (Å²) in [6.07, 6.45) is 1.40. The number of hydrogen-bond donors (Lipinski definition) is 0. The van der Waals surface area contributed by atoms with Crippen molar-refractivity contribution in [3.05, 3.63) is 29.1 Å². The van der Waals surface area contributed by atoms with Crippen LogP contribution in [0.1, 0.15) is 30.8 Å². The summed E-state index contributed by atoms with van der Waals surface area (Å²) in [6.45, 7) is 9.08. The highest BCUT2D eigenvalue weighted by Crippen LogP contribution is 2.47. The van der Waals surface area contributed by atoms with Crippen LogP contribution in [-0.2, 0) is 26.6 Å². The van der Waals surface area contributed by atoms with Crippen molar-refractivity contribution in [1.29, 1.82) is 0 Å². The van der Waals surface area contributed by atoms with E-state index in [1.54, 1.807) is 0 Å². The molecule has 1 aromatic rings. The molecule has 1 aromatic heterocycles.